The van der Waals surface area contributed by atoms with Crippen molar-refractivity contribution >= 4 is 17.7 Å². The Bertz CT molecular complexity index is 547. The molecular formula is C16H24N2O5. The molecule has 0 aliphatic rings. The molecule has 0 saturated carbocycles. The molecule has 2 amide bonds. The van der Waals surface area contributed by atoms with E-state index in [1.54, 1.807) is 18.2 Å². The normalized spacial score (nSPS) is 12.7. The number of amides is 2. The molecule has 0 saturated heterocycles. The van der Waals surface area contributed by atoms with Gasteiger partial charge >= 0.3 is 12.0 Å². The van der Waals surface area contributed by atoms with Crippen LogP contribution < -0.4 is 20.1 Å². The van der Waals surface area contributed by atoms with E-state index in [0.717, 1.165) is 6.42 Å². The molecule has 7 heteroatoms. The van der Waals surface area contributed by atoms with Crippen LogP contribution in [0.25, 0.3) is 0 Å². The summed E-state index contributed by atoms with van der Waals surface area (Å²) in [5, 5.41) is 5.30. The third-order valence-electron chi connectivity index (χ3n) is 3.60. The van der Waals surface area contributed by atoms with Gasteiger partial charge in [0.1, 0.15) is 6.04 Å². The predicted octanol–water partition coefficient (Wildman–Crippen LogP) is 2.41. The van der Waals surface area contributed by atoms with Crippen LogP contribution in [-0.4, -0.2) is 39.4 Å². The highest BCUT2D eigenvalue weighted by Crippen LogP contribution is 2.29. The van der Waals surface area contributed by atoms with E-state index < -0.39 is 18.0 Å². The lowest BCUT2D eigenvalue weighted by molar-refractivity contribution is -0.144. The van der Waals surface area contributed by atoms with Crippen molar-refractivity contribution < 1.29 is 23.8 Å². The first-order chi connectivity index (χ1) is 11.0. The fourth-order valence-corrected chi connectivity index (χ4v) is 2.02. The van der Waals surface area contributed by atoms with Crippen LogP contribution in [0.4, 0.5) is 10.5 Å². The number of ether oxygens (including phenoxy) is 3. The molecule has 0 spiro atoms. The van der Waals surface area contributed by atoms with Gasteiger partial charge < -0.3 is 24.8 Å². The van der Waals surface area contributed by atoms with E-state index in [1.165, 1.54) is 21.3 Å². The molecule has 0 bridgehead atoms. The maximum Gasteiger partial charge on any atom is 0.328 e. The Hall–Kier alpha value is -2.44. The zero-order valence-corrected chi connectivity index (χ0v) is 14.1. The molecule has 23 heavy (non-hydrogen) atoms. The minimum absolute atomic E-state index is 0.0430. The zero-order valence-electron chi connectivity index (χ0n) is 14.1. The van der Waals surface area contributed by atoms with Crippen molar-refractivity contribution in [3.05, 3.63) is 18.2 Å². The third kappa shape index (κ3) is 5.05. The summed E-state index contributed by atoms with van der Waals surface area (Å²) in [6, 6.07) is 3.80. The fourth-order valence-electron chi connectivity index (χ4n) is 2.02. The van der Waals surface area contributed by atoms with Gasteiger partial charge in [0, 0.05) is 11.8 Å². The summed E-state index contributed by atoms with van der Waals surface area (Å²) >= 11 is 0. The SMILES string of the molecule is CCC(C)C(NC(=O)Nc1ccc(OC)c(OC)c1)C(=O)OC. The third-order valence-corrected chi connectivity index (χ3v) is 3.60. The van der Waals surface area contributed by atoms with Crippen LogP contribution in [0.2, 0.25) is 0 Å². The Balaban J connectivity index is 2.80. The summed E-state index contributed by atoms with van der Waals surface area (Å²) < 4.78 is 15.1. The smallest absolute Gasteiger partial charge is 0.328 e. The van der Waals surface area contributed by atoms with Gasteiger partial charge in [0.05, 0.1) is 21.3 Å². The van der Waals surface area contributed by atoms with Crippen LogP contribution in [0.1, 0.15) is 20.3 Å². The molecule has 1 rings (SSSR count). The molecule has 1 aromatic carbocycles. The topological polar surface area (TPSA) is 85.9 Å². The van der Waals surface area contributed by atoms with E-state index in [0.29, 0.717) is 17.2 Å². The van der Waals surface area contributed by atoms with Crippen LogP contribution in [-0.2, 0) is 9.53 Å². The van der Waals surface area contributed by atoms with Gasteiger partial charge in [-0.05, 0) is 18.1 Å². The summed E-state index contributed by atoms with van der Waals surface area (Å²) in [7, 11) is 4.34. The van der Waals surface area contributed by atoms with Crippen molar-refractivity contribution in [1.29, 1.82) is 0 Å². The molecule has 2 unspecified atom stereocenters. The number of benzene rings is 1. The minimum atomic E-state index is -0.704. The number of rotatable bonds is 7. The summed E-state index contributed by atoms with van der Waals surface area (Å²) in [5.74, 6) is 0.544. The first kappa shape index (κ1) is 18.6. The molecule has 0 fully saturated rings. The lowest BCUT2D eigenvalue weighted by atomic mass is 9.99. The standard InChI is InChI=1S/C16H24N2O5/c1-6-10(2)14(15(19)23-5)18-16(20)17-11-7-8-12(21-3)13(9-11)22-4/h7-10,14H,6H2,1-5H3,(H2,17,18,20). The number of anilines is 1. The van der Waals surface area contributed by atoms with E-state index in [4.69, 9.17) is 14.2 Å². The fraction of sp³-hybridized carbons (Fsp3) is 0.500. The Morgan fingerprint density at radius 1 is 1.13 bits per heavy atom. The number of methoxy groups -OCH3 is 3. The van der Waals surface area contributed by atoms with Gasteiger partial charge in [-0.3, -0.25) is 0 Å². The quantitative estimate of drug-likeness (QED) is 0.752. The first-order valence-electron chi connectivity index (χ1n) is 7.34. The van der Waals surface area contributed by atoms with Gasteiger partial charge in [-0.1, -0.05) is 20.3 Å². The highest BCUT2D eigenvalue weighted by atomic mass is 16.5. The van der Waals surface area contributed by atoms with Gasteiger partial charge in [0.15, 0.2) is 11.5 Å². The number of carbonyl (C=O) groups is 2. The minimum Gasteiger partial charge on any atom is -0.493 e. The van der Waals surface area contributed by atoms with E-state index in [-0.39, 0.29) is 5.92 Å². The van der Waals surface area contributed by atoms with E-state index in [9.17, 15) is 9.59 Å². The molecular weight excluding hydrogens is 300 g/mol. The van der Waals surface area contributed by atoms with Crippen LogP contribution in [0.5, 0.6) is 11.5 Å². The average molecular weight is 324 g/mol. The number of hydrogen-bond acceptors (Lipinski definition) is 5. The van der Waals surface area contributed by atoms with E-state index in [2.05, 4.69) is 10.6 Å². The number of carbonyl (C=O) groups excluding carboxylic acids is 2. The largest absolute Gasteiger partial charge is 0.493 e. The van der Waals surface area contributed by atoms with Crippen molar-refractivity contribution in [2.24, 2.45) is 5.92 Å². The van der Waals surface area contributed by atoms with Crippen molar-refractivity contribution in [2.75, 3.05) is 26.6 Å². The first-order valence-corrected chi connectivity index (χ1v) is 7.34. The Morgan fingerprint density at radius 2 is 1.78 bits per heavy atom. The zero-order chi connectivity index (χ0) is 17.4. The second-order valence-electron chi connectivity index (χ2n) is 5.05. The summed E-state index contributed by atoms with van der Waals surface area (Å²) in [4.78, 5) is 23.9. The molecule has 0 heterocycles. The molecule has 0 aromatic heterocycles. The van der Waals surface area contributed by atoms with E-state index in [1.807, 2.05) is 13.8 Å². The van der Waals surface area contributed by atoms with Crippen LogP contribution in [0, 0.1) is 5.92 Å². The number of esters is 1. The number of hydrogen-bond donors (Lipinski definition) is 2. The lowest BCUT2D eigenvalue weighted by Gasteiger charge is -2.22. The second kappa shape index (κ2) is 8.87. The molecule has 0 aliphatic heterocycles. The van der Waals surface area contributed by atoms with Crippen LogP contribution >= 0.6 is 0 Å². The summed E-state index contributed by atoms with van der Waals surface area (Å²) in [6.45, 7) is 3.81. The molecule has 128 valence electrons. The molecule has 0 radical (unpaired) electrons. The molecule has 2 N–H and O–H groups in total. The van der Waals surface area contributed by atoms with Crippen molar-refractivity contribution in [3.63, 3.8) is 0 Å². The van der Waals surface area contributed by atoms with Gasteiger partial charge in [0.25, 0.3) is 0 Å². The Labute approximate surface area is 136 Å². The maximum absolute atomic E-state index is 12.1. The predicted molar refractivity (Wildman–Crippen MR) is 87.0 cm³/mol. The molecule has 0 aliphatic carbocycles. The maximum atomic E-state index is 12.1. The van der Waals surface area contributed by atoms with Crippen LogP contribution in [0.3, 0.4) is 0 Å². The van der Waals surface area contributed by atoms with E-state index >= 15 is 0 Å². The molecule has 2 atom stereocenters. The molecule has 7 nitrogen and oxygen atoms in total. The number of urea groups is 1. The van der Waals surface area contributed by atoms with Gasteiger partial charge in [-0.2, -0.15) is 0 Å². The summed E-state index contributed by atoms with van der Waals surface area (Å²) in [5.41, 5.74) is 0.521. The highest BCUT2D eigenvalue weighted by molar-refractivity contribution is 5.92. The van der Waals surface area contributed by atoms with Gasteiger partial charge in [-0.15, -0.1) is 0 Å². The van der Waals surface area contributed by atoms with Crippen LogP contribution in [0.15, 0.2) is 18.2 Å². The Morgan fingerprint density at radius 3 is 2.30 bits per heavy atom. The lowest BCUT2D eigenvalue weighted by Crippen LogP contribution is -2.47. The number of nitrogens with one attached hydrogen (secondary N) is 2. The van der Waals surface area contributed by atoms with Crippen molar-refractivity contribution in [2.45, 2.75) is 26.3 Å². The Kier molecular flexibility index (Phi) is 7.18. The van der Waals surface area contributed by atoms with Crippen molar-refractivity contribution in [3.8, 4) is 11.5 Å². The van der Waals surface area contributed by atoms with Gasteiger partial charge in [-0.25, -0.2) is 9.59 Å². The average Bonchev–Trinajstić information content (AvgIpc) is 2.58. The molecule has 1 aromatic rings. The highest BCUT2D eigenvalue weighted by Gasteiger charge is 2.26. The summed E-state index contributed by atoms with van der Waals surface area (Å²) in [6.07, 6.45) is 0.733. The monoisotopic (exact) mass is 324 g/mol. The van der Waals surface area contributed by atoms with Crippen molar-refractivity contribution in [1.82, 2.24) is 5.32 Å². The van der Waals surface area contributed by atoms with Gasteiger partial charge in [0.2, 0.25) is 0 Å². The second-order valence-corrected chi connectivity index (χ2v) is 5.05.